The van der Waals surface area contributed by atoms with E-state index >= 15 is 0 Å². The number of anilines is 1. The number of pyridine rings is 1. The molecule has 4 rings (SSSR count). The van der Waals surface area contributed by atoms with E-state index in [4.69, 9.17) is 11.6 Å². The van der Waals surface area contributed by atoms with Crippen LogP contribution in [0.25, 0.3) is 11.3 Å². The largest absolute Gasteiger partial charge is 0.481 e. The molecule has 1 amide bonds. The van der Waals surface area contributed by atoms with Gasteiger partial charge >= 0.3 is 12.1 Å². The molecule has 0 aliphatic carbocycles. The number of carboxylic acid groups (broad SMARTS) is 1. The number of hydrogen-bond acceptors (Lipinski definition) is 4. The third kappa shape index (κ3) is 7.25. The summed E-state index contributed by atoms with van der Waals surface area (Å²) in [6, 6.07) is 16.4. The highest BCUT2D eigenvalue weighted by atomic mass is 35.5. The molecule has 1 fully saturated rings. The Morgan fingerprint density at radius 1 is 1.08 bits per heavy atom. The summed E-state index contributed by atoms with van der Waals surface area (Å²) in [7, 11) is 0. The van der Waals surface area contributed by atoms with E-state index in [1.165, 1.54) is 4.90 Å². The van der Waals surface area contributed by atoms with Crippen molar-refractivity contribution in [3.63, 3.8) is 0 Å². The van der Waals surface area contributed by atoms with Gasteiger partial charge in [-0.3, -0.25) is 14.6 Å². The topological polar surface area (TPSA) is 82.5 Å². The van der Waals surface area contributed by atoms with Gasteiger partial charge in [0.2, 0.25) is 0 Å². The third-order valence-electron chi connectivity index (χ3n) is 6.58. The molecule has 1 aromatic heterocycles. The molecule has 2 heterocycles. The number of carbonyl (C=O) groups excluding carboxylic acids is 1. The first-order valence-corrected chi connectivity index (χ1v) is 12.6. The minimum Gasteiger partial charge on any atom is -0.481 e. The summed E-state index contributed by atoms with van der Waals surface area (Å²) in [6.07, 6.45) is -2.76. The lowest BCUT2D eigenvalue weighted by molar-refractivity contribution is -0.143. The minimum atomic E-state index is -4.31. The van der Waals surface area contributed by atoms with Gasteiger partial charge in [0.05, 0.1) is 17.7 Å². The molecule has 1 aliphatic rings. The van der Waals surface area contributed by atoms with Gasteiger partial charge in [-0.15, -0.1) is 0 Å². The number of hydrogen-bond donors (Lipinski definition) is 2. The highest BCUT2D eigenvalue weighted by Gasteiger charge is 2.30. The molecule has 2 atom stereocenters. The summed E-state index contributed by atoms with van der Waals surface area (Å²) in [4.78, 5) is 30.2. The quantitative estimate of drug-likeness (QED) is 0.324. The second-order valence-electron chi connectivity index (χ2n) is 9.34. The zero-order valence-corrected chi connectivity index (χ0v) is 21.2. The van der Waals surface area contributed by atoms with Gasteiger partial charge in [0, 0.05) is 47.5 Å². The number of rotatable bonds is 8. The van der Waals surface area contributed by atoms with E-state index in [2.05, 4.69) is 10.3 Å². The fourth-order valence-electron chi connectivity index (χ4n) is 4.49. The maximum absolute atomic E-state index is 13.1. The van der Waals surface area contributed by atoms with Crippen LogP contribution in [-0.2, 0) is 4.79 Å². The smallest absolute Gasteiger partial charge is 0.389 e. The number of nitrogens with one attached hydrogen (secondary N) is 1. The molecule has 0 saturated carbocycles. The van der Waals surface area contributed by atoms with E-state index in [0.717, 1.165) is 5.56 Å². The Morgan fingerprint density at radius 3 is 2.39 bits per heavy atom. The van der Waals surface area contributed by atoms with Crippen LogP contribution in [0.5, 0.6) is 0 Å². The van der Waals surface area contributed by atoms with Crippen LogP contribution in [0.2, 0.25) is 5.02 Å². The van der Waals surface area contributed by atoms with Crippen LogP contribution in [-0.4, -0.2) is 46.1 Å². The van der Waals surface area contributed by atoms with Crippen molar-refractivity contribution in [2.24, 2.45) is 5.92 Å². The Balaban J connectivity index is 1.48. The molecule has 2 N–H and O–H groups in total. The SMILES string of the molecule is O=C(O)C1CCCN(C(=O)c2ccc(NC(CCC(F)(F)F)c3ccc(-c4ccc(Cl)cc4)nc3)cc2)C1. The summed E-state index contributed by atoms with van der Waals surface area (Å²) < 4.78 is 39.2. The maximum Gasteiger partial charge on any atom is 0.389 e. The fourth-order valence-corrected chi connectivity index (χ4v) is 4.61. The van der Waals surface area contributed by atoms with Gasteiger partial charge in [-0.2, -0.15) is 13.2 Å². The molecular formula is C28H27ClF3N3O3. The van der Waals surface area contributed by atoms with E-state index in [1.807, 2.05) is 12.1 Å². The van der Waals surface area contributed by atoms with E-state index in [-0.39, 0.29) is 18.9 Å². The number of amides is 1. The highest BCUT2D eigenvalue weighted by Crippen LogP contribution is 2.31. The van der Waals surface area contributed by atoms with Gasteiger partial charge in [0.1, 0.15) is 0 Å². The molecule has 0 radical (unpaired) electrons. The monoisotopic (exact) mass is 545 g/mol. The molecule has 1 aliphatic heterocycles. The van der Waals surface area contributed by atoms with Crippen molar-refractivity contribution in [2.45, 2.75) is 37.9 Å². The number of aliphatic carboxylic acids is 1. The van der Waals surface area contributed by atoms with Crippen molar-refractivity contribution in [1.82, 2.24) is 9.88 Å². The lowest BCUT2D eigenvalue weighted by atomic mass is 9.97. The normalized spacial score (nSPS) is 16.6. The van der Waals surface area contributed by atoms with Gasteiger partial charge in [-0.1, -0.05) is 29.8 Å². The fraction of sp³-hybridized carbons (Fsp3) is 0.321. The van der Waals surface area contributed by atoms with Crippen LogP contribution in [0, 0.1) is 5.92 Å². The Labute approximate surface area is 223 Å². The molecule has 6 nitrogen and oxygen atoms in total. The van der Waals surface area contributed by atoms with Crippen molar-refractivity contribution in [1.29, 1.82) is 0 Å². The first-order valence-electron chi connectivity index (χ1n) is 12.3. The lowest BCUT2D eigenvalue weighted by Crippen LogP contribution is -2.42. The van der Waals surface area contributed by atoms with Crippen LogP contribution >= 0.6 is 11.6 Å². The predicted molar refractivity (Wildman–Crippen MR) is 139 cm³/mol. The molecule has 2 unspecified atom stereocenters. The standard InChI is InChI=1S/C28H27ClF3N3O3/c29-22-8-3-18(4-9-22)24-12-7-20(16-33-24)25(13-14-28(30,31)32)34-23-10-5-19(6-11-23)26(36)35-15-1-2-21(17-35)27(37)38/h3-12,16,21,25,34H,1-2,13-15,17H2,(H,37,38). The van der Waals surface area contributed by atoms with Gasteiger partial charge in [-0.05, 0) is 67.3 Å². The number of piperidine rings is 1. The number of alkyl halides is 3. The maximum atomic E-state index is 13.1. The molecule has 200 valence electrons. The number of carbonyl (C=O) groups is 2. The summed E-state index contributed by atoms with van der Waals surface area (Å²) in [6.45, 7) is 0.647. The molecule has 38 heavy (non-hydrogen) atoms. The molecule has 2 aromatic carbocycles. The minimum absolute atomic E-state index is 0.159. The van der Waals surface area contributed by atoms with Gasteiger partial charge < -0.3 is 15.3 Å². The Hall–Kier alpha value is -3.59. The number of aromatic nitrogens is 1. The lowest BCUT2D eigenvalue weighted by Gasteiger charge is -2.30. The van der Waals surface area contributed by atoms with E-state index in [0.29, 0.717) is 46.9 Å². The van der Waals surface area contributed by atoms with Crippen molar-refractivity contribution >= 4 is 29.2 Å². The average Bonchev–Trinajstić information content (AvgIpc) is 2.91. The van der Waals surface area contributed by atoms with E-state index < -0.39 is 30.5 Å². The molecular weight excluding hydrogens is 519 g/mol. The van der Waals surface area contributed by atoms with Crippen molar-refractivity contribution in [3.8, 4) is 11.3 Å². The van der Waals surface area contributed by atoms with Crippen LogP contribution in [0.15, 0.2) is 66.9 Å². The zero-order chi connectivity index (χ0) is 27.3. The summed E-state index contributed by atoms with van der Waals surface area (Å²) in [5, 5.41) is 13.0. The number of benzene rings is 2. The Bertz CT molecular complexity index is 1250. The molecule has 1 saturated heterocycles. The zero-order valence-electron chi connectivity index (χ0n) is 20.4. The first kappa shape index (κ1) is 27.4. The van der Waals surface area contributed by atoms with Crippen LogP contribution in [0.3, 0.4) is 0 Å². The summed E-state index contributed by atoms with van der Waals surface area (Å²) >= 11 is 5.94. The van der Waals surface area contributed by atoms with Gasteiger partial charge in [0.15, 0.2) is 0 Å². The molecule has 10 heteroatoms. The first-order chi connectivity index (χ1) is 18.1. The van der Waals surface area contributed by atoms with Crippen LogP contribution in [0.1, 0.15) is 47.6 Å². The number of nitrogens with zero attached hydrogens (tertiary/aromatic N) is 2. The van der Waals surface area contributed by atoms with E-state index in [9.17, 15) is 27.9 Å². The number of halogens is 4. The van der Waals surface area contributed by atoms with E-state index in [1.54, 1.807) is 54.7 Å². The number of likely N-dealkylation sites (tertiary alicyclic amines) is 1. The van der Waals surface area contributed by atoms with Crippen molar-refractivity contribution in [3.05, 3.63) is 83.0 Å². The second kappa shape index (κ2) is 11.9. The van der Waals surface area contributed by atoms with Gasteiger partial charge in [-0.25, -0.2) is 0 Å². The summed E-state index contributed by atoms with van der Waals surface area (Å²) in [5.74, 6) is -1.76. The molecule has 3 aromatic rings. The van der Waals surface area contributed by atoms with Crippen molar-refractivity contribution < 1.29 is 27.9 Å². The summed E-state index contributed by atoms with van der Waals surface area (Å²) in [5.41, 5.74) is 3.05. The van der Waals surface area contributed by atoms with Crippen LogP contribution < -0.4 is 5.32 Å². The van der Waals surface area contributed by atoms with Crippen LogP contribution in [0.4, 0.5) is 18.9 Å². The predicted octanol–water partition coefficient (Wildman–Crippen LogP) is 6.83. The number of carboxylic acids is 1. The molecule has 0 bridgehead atoms. The van der Waals surface area contributed by atoms with Gasteiger partial charge in [0.25, 0.3) is 5.91 Å². The third-order valence-corrected chi connectivity index (χ3v) is 6.83. The Morgan fingerprint density at radius 2 is 1.79 bits per heavy atom. The molecule has 0 spiro atoms. The second-order valence-corrected chi connectivity index (χ2v) is 9.78. The Kier molecular flexibility index (Phi) is 8.56. The highest BCUT2D eigenvalue weighted by molar-refractivity contribution is 6.30. The van der Waals surface area contributed by atoms with Crippen molar-refractivity contribution in [2.75, 3.05) is 18.4 Å². The average molecular weight is 546 g/mol.